The van der Waals surface area contributed by atoms with Crippen LogP contribution < -0.4 is 0 Å². The fourth-order valence-corrected chi connectivity index (χ4v) is 3.91. The van der Waals surface area contributed by atoms with E-state index < -0.39 is 0 Å². The van der Waals surface area contributed by atoms with Gasteiger partial charge in [0.1, 0.15) is 0 Å². The zero-order valence-corrected chi connectivity index (χ0v) is 20.4. The van der Waals surface area contributed by atoms with E-state index in [4.69, 9.17) is 4.74 Å². The van der Waals surface area contributed by atoms with Gasteiger partial charge in [0.15, 0.2) is 0 Å². The molecule has 0 fully saturated rings. The van der Waals surface area contributed by atoms with Crippen molar-refractivity contribution < 1.29 is 4.74 Å². The normalized spacial score (nSPS) is 11.8. The summed E-state index contributed by atoms with van der Waals surface area (Å²) in [6.45, 7) is 11.3. The van der Waals surface area contributed by atoms with Crippen LogP contribution in [-0.2, 0) is 4.74 Å². The minimum absolute atomic E-state index is 0.884. The van der Waals surface area contributed by atoms with E-state index in [1.807, 2.05) is 0 Å². The quantitative estimate of drug-likeness (QED) is 0.156. The zero-order valence-electron chi connectivity index (χ0n) is 20.4. The Bertz CT molecular complexity index is 243. The van der Waals surface area contributed by atoms with Gasteiger partial charge in [0.05, 0.1) is 0 Å². The van der Waals surface area contributed by atoms with E-state index in [9.17, 15) is 0 Å². The van der Waals surface area contributed by atoms with Crippen molar-refractivity contribution in [3.8, 4) is 0 Å². The van der Waals surface area contributed by atoms with Gasteiger partial charge in [0.2, 0.25) is 0 Å². The maximum atomic E-state index is 5.81. The molecule has 1 nitrogen and oxygen atoms in total. The minimum atomic E-state index is 0.884. The number of hydrogen-bond donors (Lipinski definition) is 0. The molecule has 0 rings (SSSR count). The lowest BCUT2D eigenvalue weighted by atomic mass is 10.0. The Balaban J connectivity index is 3.00. The molecule has 0 atom stereocenters. The van der Waals surface area contributed by atoms with E-state index in [1.165, 1.54) is 122 Å². The smallest absolute Gasteiger partial charge is 0.0466 e. The van der Waals surface area contributed by atoms with Crippen molar-refractivity contribution in [2.45, 2.75) is 150 Å². The van der Waals surface area contributed by atoms with E-state index in [0.29, 0.717) is 0 Å². The minimum Gasteiger partial charge on any atom is -0.381 e. The first-order valence-electron chi connectivity index (χ1n) is 13.2. The summed E-state index contributed by atoms with van der Waals surface area (Å²) in [7, 11) is 0. The lowest BCUT2D eigenvalue weighted by molar-refractivity contribution is 0.125. The summed E-state index contributed by atoms with van der Waals surface area (Å²) < 4.78 is 5.81. The molecular weight excluding hydrogens is 340 g/mol. The number of rotatable bonds is 23. The lowest BCUT2D eigenvalue weighted by Gasteiger charge is -2.06. The molecule has 1 heteroatoms. The van der Waals surface area contributed by atoms with Crippen LogP contribution in [0.5, 0.6) is 0 Å². The second-order valence-corrected chi connectivity index (χ2v) is 9.99. The molecule has 0 spiro atoms. The Kier molecular flexibility index (Phi) is 23.2. The molecule has 0 saturated carbocycles. The van der Waals surface area contributed by atoms with Crippen LogP contribution in [0.1, 0.15) is 150 Å². The molecule has 0 radical (unpaired) electrons. The van der Waals surface area contributed by atoms with Gasteiger partial charge in [-0.1, -0.05) is 137 Å². The van der Waals surface area contributed by atoms with Gasteiger partial charge in [-0.25, -0.2) is 0 Å². The molecule has 0 aromatic rings. The van der Waals surface area contributed by atoms with Crippen molar-refractivity contribution in [2.75, 3.05) is 13.2 Å². The van der Waals surface area contributed by atoms with Crippen LogP contribution in [-0.4, -0.2) is 13.2 Å². The summed E-state index contributed by atoms with van der Waals surface area (Å²) in [5.41, 5.74) is 0. The summed E-state index contributed by atoms with van der Waals surface area (Å²) in [6.07, 6.45) is 26.8. The lowest BCUT2D eigenvalue weighted by Crippen LogP contribution is -1.97. The van der Waals surface area contributed by atoms with Crippen molar-refractivity contribution in [3.63, 3.8) is 0 Å². The monoisotopic (exact) mass is 396 g/mol. The van der Waals surface area contributed by atoms with Gasteiger partial charge in [-0.2, -0.15) is 0 Å². The standard InChI is InChI=1S/C27H56O/c1-26(2)22-18-14-10-6-5-8-12-16-20-24-28-25-21-17-13-9-7-11-15-19-23-27(3)4/h26-27H,5-25H2,1-4H3. The van der Waals surface area contributed by atoms with Crippen molar-refractivity contribution in [1.29, 1.82) is 0 Å². The highest BCUT2D eigenvalue weighted by Crippen LogP contribution is 2.14. The maximum Gasteiger partial charge on any atom is 0.0466 e. The maximum absolute atomic E-state index is 5.81. The SMILES string of the molecule is CC(C)CCCCCCCCCCCOCCCCCCCCCCC(C)C. The molecule has 0 amide bonds. The van der Waals surface area contributed by atoms with Crippen molar-refractivity contribution in [2.24, 2.45) is 11.8 Å². The summed E-state index contributed by atoms with van der Waals surface area (Å²) >= 11 is 0. The number of unbranched alkanes of at least 4 members (excludes halogenated alkanes) is 15. The molecule has 0 unspecified atom stereocenters. The third-order valence-electron chi connectivity index (χ3n) is 5.89. The molecule has 170 valence electrons. The summed E-state index contributed by atoms with van der Waals surface area (Å²) in [5.74, 6) is 1.77. The second kappa shape index (κ2) is 23.2. The fourth-order valence-electron chi connectivity index (χ4n) is 3.91. The largest absolute Gasteiger partial charge is 0.381 e. The van der Waals surface area contributed by atoms with Gasteiger partial charge in [-0.05, 0) is 24.7 Å². The van der Waals surface area contributed by atoms with Crippen LogP contribution in [0.4, 0.5) is 0 Å². The molecule has 0 heterocycles. The molecule has 0 aromatic heterocycles. The first-order valence-corrected chi connectivity index (χ1v) is 13.2. The summed E-state index contributed by atoms with van der Waals surface area (Å²) in [6, 6.07) is 0. The molecule has 0 bridgehead atoms. The van der Waals surface area contributed by atoms with E-state index in [2.05, 4.69) is 27.7 Å². The first-order chi connectivity index (χ1) is 13.6. The van der Waals surface area contributed by atoms with E-state index >= 15 is 0 Å². The van der Waals surface area contributed by atoms with Crippen LogP contribution in [0.2, 0.25) is 0 Å². The predicted molar refractivity (Wildman–Crippen MR) is 128 cm³/mol. The van der Waals surface area contributed by atoms with Gasteiger partial charge in [0, 0.05) is 13.2 Å². The Morgan fingerprint density at radius 2 is 0.607 bits per heavy atom. The predicted octanol–water partition coefficient (Wildman–Crippen LogP) is 9.73. The van der Waals surface area contributed by atoms with Crippen LogP contribution in [0.3, 0.4) is 0 Å². The highest BCUT2D eigenvalue weighted by molar-refractivity contribution is 4.51. The Hall–Kier alpha value is -0.0400. The molecule has 0 saturated heterocycles. The first kappa shape index (κ1) is 28.0. The second-order valence-electron chi connectivity index (χ2n) is 9.99. The molecular formula is C27H56O. The molecule has 0 aliphatic carbocycles. The van der Waals surface area contributed by atoms with Crippen LogP contribution in [0, 0.1) is 11.8 Å². The topological polar surface area (TPSA) is 9.23 Å². The van der Waals surface area contributed by atoms with Crippen LogP contribution >= 0.6 is 0 Å². The molecule has 0 aliphatic heterocycles. The highest BCUT2D eigenvalue weighted by Gasteiger charge is 1.97. The van der Waals surface area contributed by atoms with Gasteiger partial charge in [-0.15, -0.1) is 0 Å². The molecule has 0 aromatic carbocycles. The van der Waals surface area contributed by atoms with Gasteiger partial charge in [-0.3, -0.25) is 0 Å². The van der Waals surface area contributed by atoms with Crippen LogP contribution in [0.15, 0.2) is 0 Å². The molecule has 0 aliphatic rings. The Labute approximate surface area is 179 Å². The fraction of sp³-hybridized carbons (Fsp3) is 1.00. The third-order valence-corrected chi connectivity index (χ3v) is 5.89. The van der Waals surface area contributed by atoms with Gasteiger partial charge in [0.25, 0.3) is 0 Å². The Morgan fingerprint density at radius 3 is 0.893 bits per heavy atom. The Morgan fingerprint density at radius 1 is 0.357 bits per heavy atom. The van der Waals surface area contributed by atoms with Crippen molar-refractivity contribution in [1.82, 2.24) is 0 Å². The number of hydrogen-bond acceptors (Lipinski definition) is 1. The highest BCUT2D eigenvalue weighted by atomic mass is 16.5. The van der Waals surface area contributed by atoms with E-state index in [-0.39, 0.29) is 0 Å². The van der Waals surface area contributed by atoms with Crippen molar-refractivity contribution in [3.05, 3.63) is 0 Å². The third kappa shape index (κ3) is 26.0. The van der Waals surface area contributed by atoms with E-state index in [0.717, 1.165) is 25.0 Å². The van der Waals surface area contributed by atoms with E-state index in [1.54, 1.807) is 0 Å². The molecule has 28 heavy (non-hydrogen) atoms. The summed E-state index contributed by atoms with van der Waals surface area (Å²) in [4.78, 5) is 0. The van der Waals surface area contributed by atoms with Gasteiger partial charge >= 0.3 is 0 Å². The zero-order chi connectivity index (χ0) is 20.7. The average molecular weight is 397 g/mol. The number of ether oxygens (including phenoxy) is 1. The summed E-state index contributed by atoms with van der Waals surface area (Å²) in [5, 5.41) is 0. The van der Waals surface area contributed by atoms with Gasteiger partial charge < -0.3 is 4.74 Å². The van der Waals surface area contributed by atoms with Crippen molar-refractivity contribution >= 4 is 0 Å². The van der Waals surface area contributed by atoms with Crippen LogP contribution in [0.25, 0.3) is 0 Å². The average Bonchev–Trinajstić information content (AvgIpc) is 2.65. The molecule has 0 N–H and O–H groups in total.